The Bertz CT molecular complexity index is 429. The Labute approximate surface area is 118 Å². The highest BCUT2D eigenvalue weighted by molar-refractivity contribution is 9.10. The molecular formula is C15H19BrN2. The molecule has 0 bridgehead atoms. The average Bonchev–Trinajstić information content (AvgIpc) is 2.92. The number of halogens is 1. The lowest BCUT2D eigenvalue weighted by molar-refractivity contribution is 0.181. The molecule has 1 aliphatic heterocycles. The summed E-state index contributed by atoms with van der Waals surface area (Å²) >= 11 is 3.44. The Morgan fingerprint density at radius 3 is 2.44 bits per heavy atom. The highest BCUT2D eigenvalue weighted by Crippen LogP contribution is 2.26. The monoisotopic (exact) mass is 306 g/mol. The third-order valence-corrected chi connectivity index (χ3v) is 4.39. The summed E-state index contributed by atoms with van der Waals surface area (Å²) in [5.74, 6) is 0. The zero-order chi connectivity index (χ0) is 13.0. The lowest BCUT2D eigenvalue weighted by atomic mass is 9.93. The van der Waals surface area contributed by atoms with Gasteiger partial charge in [-0.25, -0.2) is 0 Å². The van der Waals surface area contributed by atoms with Crippen molar-refractivity contribution in [1.29, 1.82) is 5.26 Å². The van der Waals surface area contributed by atoms with Crippen LogP contribution in [-0.2, 0) is 6.42 Å². The summed E-state index contributed by atoms with van der Waals surface area (Å²) in [4.78, 5) is 2.34. The van der Waals surface area contributed by atoms with Crippen LogP contribution in [0.15, 0.2) is 28.7 Å². The smallest absolute Gasteiger partial charge is 0.106 e. The van der Waals surface area contributed by atoms with Crippen molar-refractivity contribution in [2.45, 2.75) is 38.1 Å². The van der Waals surface area contributed by atoms with Gasteiger partial charge in [0, 0.05) is 4.47 Å². The van der Waals surface area contributed by atoms with Crippen LogP contribution in [0.5, 0.6) is 0 Å². The van der Waals surface area contributed by atoms with E-state index in [1.807, 2.05) is 0 Å². The maximum atomic E-state index is 9.47. The largest absolute Gasteiger partial charge is 0.286 e. The van der Waals surface area contributed by atoms with Crippen LogP contribution >= 0.6 is 15.9 Å². The fourth-order valence-electron chi connectivity index (χ4n) is 2.53. The summed E-state index contributed by atoms with van der Waals surface area (Å²) in [6.45, 7) is 4.23. The van der Waals surface area contributed by atoms with E-state index in [4.69, 9.17) is 0 Å². The van der Waals surface area contributed by atoms with Gasteiger partial charge in [-0.05, 0) is 63.4 Å². The van der Waals surface area contributed by atoms with E-state index in [1.165, 1.54) is 18.4 Å². The van der Waals surface area contributed by atoms with E-state index in [2.05, 4.69) is 58.1 Å². The van der Waals surface area contributed by atoms with Gasteiger partial charge < -0.3 is 0 Å². The van der Waals surface area contributed by atoms with E-state index >= 15 is 0 Å². The Morgan fingerprint density at radius 1 is 1.28 bits per heavy atom. The normalized spacial score (nSPS) is 19.4. The Kier molecular flexibility index (Phi) is 4.42. The molecule has 0 aromatic heterocycles. The van der Waals surface area contributed by atoms with Gasteiger partial charge in [0.1, 0.15) is 5.54 Å². The zero-order valence-corrected chi connectivity index (χ0v) is 12.4. The fourth-order valence-corrected chi connectivity index (χ4v) is 2.80. The summed E-state index contributed by atoms with van der Waals surface area (Å²) in [5, 5.41) is 9.47. The molecule has 96 valence electrons. The number of rotatable bonds is 4. The van der Waals surface area contributed by atoms with Crippen molar-refractivity contribution in [3.63, 3.8) is 0 Å². The van der Waals surface area contributed by atoms with Gasteiger partial charge in [0.2, 0.25) is 0 Å². The molecule has 0 aliphatic carbocycles. The summed E-state index contributed by atoms with van der Waals surface area (Å²) in [6.07, 6.45) is 4.34. The molecule has 18 heavy (non-hydrogen) atoms. The van der Waals surface area contributed by atoms with Crippen molar-refractivity contribution in [3.8, 4) is 6.07 Å². The molecule has 2 rings (SSSR count). The molecule has 1 aromatic carbocycles. The van der Waals surface area contributed by atoms with E-state index in [-0.39, 0.29) is 5.54 Å². The summed E-state index contributed by atoms with van der Waals surface area (Å²) in [6, 6.07) is 10.9. The van der Waals surface area contributed by atoms with Gasteiger partial charge in [0.15, 0.2) is 0 Å². The molecule has 2 nitrogen and oxygen atoms in total. The topological polar surface area (TPSA) is 27.0 Å². The minimum absolute atomic E-state index is 0.302. The summed E-state index contributed by atoms with van der Waals surface area (Å²) in [5.41, 5.74) is 1.00. The SMILES string of the molecule is CC(C#N)(CCc1ccc(Br)cc1)N1CCCC1. The second kappa shape index (κ2) is 5.86. The van der Waals surface area contributed by atoms with E-state index in [9.17, 15) is 5.26 Å². The number of nitriles is 1. The minimum Gasteiger partial charge on any atom is -0.286 e. The van der Waals surface area contributed by atoms with Crippen LogP contribution in [0.4, 0.5) is 0 Å². The molecule has 1 atom stereocenters. The van der Waals surface area contributed by atoms with Gasteiger partial charge in [-0.1, -0.05) is 28.1 Å². The molecular weight excluding hydrogens is 288 g/mol. The second-order valence-electron chi connectivity index (χ2n) is 5.21. The lowest BCUT2D eigenvalue weighted by Crippen LogP contribution is -2.43. The first-order valence-electron chi connectivity index (χ1n) is 6.55. The van der Waals surface area contributed by atoms with Crippen molar-refractivity contribution < 1.29 is 0 Å². The minimum atomic E-state index is -0.302. The Hall–Kier alpha value is -0.850. The van der Waals surface area contributed by atoms with Gasteiger partial charge in [0.05, 0.1) is 6.07 Å². The molecule has 1 aromatic rings. The van der Waals surface area contributed by atoms with Crippen molar-refractivity contribution in [3.05, 3.63) is 34.3 Å². The van der Waals surface area contributed by atoms with Crippen LogP contribution in [0.25, 0.3) is 0 Å². The maximum Gasteiger partial charge on any atom is 0.106 e. The van der Waals surface area contributed by atoms with Crippen LogP contribution in [0.3, 0.4) is 0 Å². The molecule has 0 amide bonds. The number of likely N-dealkylation sites (tertiary alicyclic amines) is 1. The highest BCUT2D eigenvalue weighted by atomic mass is 79.9. The third-order valence-electron chi connectivity index (χ3n) is 3.86. The first-order chi connectivity index (χ1) is 8.64. The predicted octanol–water partition coefficient (Wildman–Crippen LogP) is 3.76. The van der Waals surface area contributed by atoms with E-state index in [0.717, 1.165) is 30.4 Å². The quantitative estimate of drug-likeness (QED) is 0.847. The molecule has 0 radical (unpaired) electrons. The van der Waals surface area contributed by atoms with Crippen molar-refractivity contribution in [2.75, 3.05) is 13.1 Å². The molecule has 3 heteroatoms. The lowest BCUT2D eigenvalue weighted by Gasteiger charge is -2.32. The number of hydrogen-bond acceptors (Lipinski definition) is 2. The molecule has 1 heterocycles. The second-order valence-corrected chi connectivity index (χ2v) is 6.12. The van der Waals surface area contributed by atoms with Gasteiger partial charge in [-0.15, -0.1) is 0 Å². The third kappa shape index (κ3) is 3.13. The number of nitrogens with zero attached hydrogens (tertiary/aromatic N) is 2. The van der Waals surface area contributed by atoms with Crippen LogP contribution in [0.1, 0.15) is 31.7 Å². The molecule has 1 unspecified atom stereocenters. The molecule has 0 saturated carbocycles. The Balaban J connectivity index is 1.98. The summed E-state index contributed by atoms with van der Waals surface area (Å²) in [7, 11) is 0. The predicted molar refractivity (Wildman–Crippen MR) is 77.3 cm³/mol. The standard InChI is InChI=1S/C15H19BrN2/c1-15(12-17,18-10-2-3-11-18)9-8-13-4-6-14(16)7-5-13/h4-7H,2-3,8-11H2,1H3. The van der Waals surface area contributed by atoms with Crippen LogP contribution in [0, 0.1) is 11.3 Å². The summed E-state index contributed by atoms with van der Waals surface area (Å²) < 4.78 is 1.11. The first-order valence-corrected chi connectivity index (χ1v) is 7.34. The molecule has 0 spiro atoms. The van der Waals surface area contributed by atoms with Gasteiger partial charge >= 0.3 is 0 Å². The number of hydrogen-bond donors (Lipinski definition) is 0. The number of benzene rings is 1. The van der Waals surface area contributed by atoms with Gasteiger partial charge in [0.25, 0.3) is 0 Å². The highest BCUT2D eigenvalue weighted by Gasteiger charge is 2.33. The zero-order valence-electron chi connectivity index (χ0n) is 10.8. The van der Waals surface area contributed by atoms with Gasteiger partial charge in [-0.3, -0.25) is 4.90 Å². The molecule has 1 aliphatic rings. The molecule has 1 fully saturated rings. The van der Waals surface area contributed by atoms with E-state index < -0.39 is 0 Å². The van der Waals surface area contributed by atoms with Crippen LogP contribution < -0.4 is 0 Å². The maximum absolute atomic E-state index is 9.47. The number of aryl methyl sites for hydroxylation is 1. The van der Waals surface area contributed by atoms with Crippen molar-refractivity contribution >= 4 is 15.9 Å². The first kappa shape index (κ1) is 13.6. The van der Waals surface area contributed by atoms with Crippen molar-refractivity contribution in [1.82, 2.24) is 4.90 Å². The molecule has 1 saturated heterocycles. The fraction of sp³-hybridized carbons (Fsp3) is 0.533. The van der Waals surface area contributed by atoms with Crippen LogP contribution in [-0.4, -0.2) is 23.5 Å². The average molecular weight is 307 g/mol. The van der Waals surface area contributed by atoms with Crippen molar-refractivity contribution in [2.24, 2.45) is 0 Å². The molecule has 0 N–H and O–H groups in total. The van der Waals surface area contributed by atoms with Gasteiger partial charge in [-0.2, -0.15) is 5.26 Å². The van der Waals surface area contributed by atoms with E-state index in [0.29, 0.717) is 0 Å². The van der Waals surface area contributed by atoms with Crippen LogP contribution in [0.2, 0.25) is 0 Å². The van der Waals surface area contributed by atoms with E-state index in [1.54, 1.807) is 0 Å². The Morgan fingerprint density at radius 2 is 1.89 bits per heavy atom.